The molecule has 0 aliphatic carbocycles. The third kappa shape index (κ3) is 4.08. The van der Waals surface area contributed by atoms with E-state index in [9.17, 15) is 14.4 Å². The van der Waals surface area contributed by atoms with E-state index in [0.29, 0.717) is 11.3 Å². The Morgan fingerprint density at radius 3 is 2.56 bits per heavy atom. The minimum atomic E-state index is -0.330. The number of H-pyrrole nitrogens is 1. The largest absolute Gasteiger partial charge is 0.350 e. The number of pyridine rings is 1. The number of aromatic amines is 1. The predicted molar refractivity (Wildman–Crippen MR) is 93.3 cm³/mol. The van der Waals surface area contributed by atoms with Crippen LogP contribution in [0.2, 0.25) is 0 Å². The number of hydrogen-bond acceptors (Lipinski definition) is 4. The molecule has 25 heavy (non-hydrogen) atoms. The minimum Gasteiger partial charge on any atom is -0.350 e. The van der Waals surface area contributed by atoms with Crippen molar-refractivity contribution in [2.45, 2.75) is 6.54 Å². The third-order valence-corrected chi connectivity index (χ3v) is 3.59. The highest BCUT2D eigenvalue weighted by Gasteiger charge is 2.06. The van der Waals surface area contributed by atoms with Crippen molar-refractivity contribution in [1.29, 1.82) is 0 Å². The third-order valence-electron chi connectivity index (χ3n) is 3.59. The Hall–Kier alpha value is -3.48. The van der Waals surface area contributed by atoms with Gasteiger partial charge in [0, 0.05) is 30.4 Å². The highest BCUT2D eigenvalue weighted by Crippen LogP contribution is 2.13. The number of aromatic nitrogens is 3. The van der Waals surface area contributed by atoms with Crippen LogP contribution in [0.3, 0.4) is 0 Å². The highest BCUT2D eigenvalue weighted by atomic mass is 16.2. The fourth-order valence-electron chi connectivity index (χ4n) is 2.30. The first-order chi connectivity index (χ1) is 12.1. The number of benzene rings is 1. The molecule has 0 saturated carbocycles. The van der Waals surface area contributed by atoms with Crippen molar-refractivity contribution in [2.24, 2.45) is 0 Å². The second kappa shape index (κ2) is 7.39. The maximum atomic E-state index is 12.0. The Morgan fingerprint density at radius 1 is 1.04 bits per heavy atom. The van der Waals surface area contributed by atoms with Crippen LogP contribution in [0.4, 0.5) is 0 Å². The summed E-state index contributed by atoms with van der Waals surface area (Å²) in [5, 5.41) is 7.02. The second-order valence-electron chi connectivity index (χ2n) is 5.34. The lowest BCUT2D eigenvalue weighted by molar-refractivity contribution is 0.0951. The van der Waals surface area contributed by atoms with Crippen molar-refractivity contribution in [2.75, 3.05) is 6.54 Å². The number of nitrogens with one attached hydrogen (secondary N) is 2. The lowest BCUT2D eigenvalue weighted by Gasteiger charge is -2.08. The van der Waals surface area contributed by atoms with E-state index < -0.39 is 0 Å². The lowest BCUT2D eigenvalue weighted by Crippen LogP contribution is -2.32. The first kappa shape index (κ1) is 16.4. The molecule has 3 rings (SSSR count). The quantitative estimate of drug-likeness (QED) is 0.727. The van der Waals surface area contributed by atoms with Crippen LogP contribution in [-0.2, 0) is 6.54 Å². The fraction of sp³-hybridized carbons (Fsp3) is 0.111. The molecule has 0 spiro atoms. The topological polar surface area (TPSA) is 96.8 Å². The molecule has 0 saturated heterocycles. The number of carbonyl (C=O) groups excluding carboxylic acids is 1. The molecule has 126 valence electrons. The summed E-state index contributed by atoms with van der Waals surface area (Å²) < 4.78 is 1.31. The van der Waals surface area contributed by atoms with Crippen LogP contribution in [0.5, 0.6) is 0 Å². The van der Waals surface area contributed by atoms with Crippen LogP contribution < -0.4 is 16.4 Å². The first-order valence-electron chi connectivity index (χ1n) is 7.74. The zero-order chi connectivity index (χ0) is 17.6. The molecular weight excluding hydrogens is 320 g/mol. The summed E-state index contributed by atoms with van der Waals surface area (Å²) >= 11 is 0. The van der Waals surface area contributed by atoms with E-state index in [-0.39, 0.29) is 30.1 Å². The van der Waals surface area contributed by atoms with Gasteiger partial charge in [0.05, 0.1) is 17.8 Å². The molecule has 0 aliphatic rings. The molecule has 2 N–H and O–H groups in total. The smallest absolute Gasteiger partial charge is 0.266 e. The highest BCUT2D eigenvalue weighted by molar-refractivity contribution is 5.93. The summed E-state index contributed by atoms with van der Waals surface area (Å²) in [7, 11) is 0. The van der Waals surface area contributed by atoms with Crippen LogP contribution in [0.1, 0.15) is 10.4 Å². The Labute approximate surface area is 143 Å². The van der Waals surface area contributed by atoms with Gasteiger partial charge in [-0.1, -0.05) is 30.3 Å². The van der Waals surface area contributed by atoms with Gasteiger partial charge in [-0.2, -0.15) is 5.10 Å². The predicted octanol–water partition coefficient (Wildman–Crippen LogP) is 1.03. The number of rotatable bonds is 5. The molecule has 3 aromatic rings. The van der Waals surface area contributed by atoms with E-state index in [1.54, 1.807) is 6.07 Å². The Morgan fingerprint density at radius 2 is 1.84 bits per heavy atom. The molecule has 0 bridgehead atoms. The van der Waals surface area contributed by atoms with Gasteiger partial charge < -0.3 is 10.3 Å². The molecule has 0 atom stereocenters. The standard InChI is InChI=1S/C18H16N4O3/c23-16-8-6-14(12-20-16)18(25)19-10-11-22-17(24)9-7-15(21-22)13-4-2-1-3-5-13/h1-9,12H,10-11H2,(H,19,25)(H,20,23). The maximum Gasteiger partial charge on any atom is 0.266 e. The van der Waals surface area contributed by atoms with Gasteiger partial charge >= 0.3 is 0 Å². The summed E-state index contributed by atoms with van der Waals surface area (Å²) in [6.45, 7) is 0.484. The van der Waals surface area contributed by atoms with Crippen molar-refractivity contribution in [1.82, 2.24) is 20.1 Å². The molecule has 2 aromatic heterocycles. The SMILES string of the molecule is O=C(NCCn1nc(-c2ccccc2)ccc1=O)c1ccc(=O)[nH]c1. The van der Waals surface area contributed by atoms with E-state index >= 15 is 0 Å². The van der Waals surface area contributed by atoms with Crippen molar-refractivity contribution in [3.63, 3.8) is 0 Å². The molecule has 1 amide bonds. The Balaban J connectivity index is 1.67. The van der Waals surface area contributed by atoms with Gasteiger partial charge in [-0.05, 0) is 12.1 Å². The zero-order valence-electron chi connectivity index (χ0n) is 13.3. The van der Waals surface area contributed by atoms with E-state index in [2.05, 4.69) is 15.4 Å². The van der Waals surface area contributed by atoms with E-state index in [4.69, 9.17) is 0 Å². The lowest BCUT2D eigenvalue weighted by atomic mass is 10.1. The number of hydrogen-bond donors (Lipinski definition) is 2. The molecule has 2 heterocycles. The van der Waals surface area contributed by atoms with Crippen molar-refractivity contribution in [3.8, 4) is 11.3 Å². The molecule has 0 radical (unpaired) electrons. The number of nitrogens with zero attached hydrogens (tertiary/aromatic N) is 2. The second-order valence-corrected chi connectivity index (χ2v) is 5.34. The van der Waals surface area contributed by atoms with Crippen molar-refractivity contribution >= 4 is 5.91 Å². The van der Waals surface area contributed by atoms with Gasteiger partial charge in [0.15, 0.2) is 0 Å². The van der Waals surface area contributed by atoms with Gasteiger partial charge in [-0.15, -0.1) is 0 Å². The normalized spacial score (nSPS) is 10.4. The fourth-order valence-corrected chi connectivity index (χ4v) is 2.30. The summed E-state index contributed by atoms with van der Waals surface area (Å²) in [6, 6.07) is 15.4. The first-order valence-corrected chi connectivity index (χ1v) is 7.74. The van der Waals surface area contributed by atoms with Gasteiger partial charge in [-0.3, -0.25) is 14.4 Å². The van der Waals surface area contributed by atoms with Gasteiger partial charge in [0.25, 0.3) is 11.5 Å². The van der Waals surface area contributed by atoms with Crippen LogP contribution in [-0.4, -0.2) is 27.2 Å². The average molecular weight is 336 g/mol. The van der Waals surface area contributed by atoms with Crippen molar-refractivity contribution < 1.29 is 4.79 Å². The molecule has 7 nitrogen and oxygen atoms in total. The summed E-state index contributed by atoms with van der Waals surface area (Å²) in [6.07, 6.45) is 1.35. The van der Waals surface area contributed by atoms with E-state index in [0.717, 1.165) is 5.56 Å². The molecule has 0 aliphatic heterocycles. The molecule has 0 fully saturated rings. The maximum absolute atomic E-state index is 12.0. The summed E-state index contributed by atoms with van der Waals surface area (Å²) in [5.74, 6) is -0.330. The van der Waals surface area contributed by atoms with Gasteiger partial charge in [0.1, 0.15) is 0 Å². The van der Waals surface area contributed by atoms with E-state index in [1.165, 1.54) is 29.1 Å². The Kier molecular flexibility index (Phi) is 4.84. The molecular formula is C18H16N4O3. The zero-order valence-corrected chi connectivity index (χ0v) is 13.3. The number of carbonyl (C=O) groups is 1. The van der Waals surface area contributed by atoms with Crippen LogP contribution in [0.25, 0.3) is 11.3 Å². The Bertz CT molecular complexity index is 972. The average Bonchev–Trinajstić information content (AvgIpc) is 2.64. The minimum absolute atomic E-state index is 0.238. The number of amides is 1. The van der Waals surface area contributed by atoms with E-state index in [1.807, 2.05) is 30.3 Å². The molecule has 7 heteroatoms. The summed E-state index contributed by atoms with van der Waals surface area (Å²) in [5.41, 5.74) is 1.43. The molecule has 0 unspecified atom stereocenters. The monoisotopic (exact) mass is 336 g/mol. The van der Waals surface area contributed by atoms with Crippen molar-refractivity contribution in [3.05, 3.63) is 87.1 Å². The summed E-state index contributed by atoms with van der Waals surface area (Å²) in [4.78, 5) is 37.3. The van der Waals surface area contributed by atoms with Gasteiger partial charge in [-0.25, -0.2) is 4.68 Å². The van der Waals surface area contributed by atoms with Gasteiger partial charge in [0.2, 0.25) is 5.56 Å². The van der Waals surface area contributed by atoms with Crippen LogP contribution in [0.15, 0.2) is 70.4 Å². The van der Waals surface area contributed by atoms with Crippen LogP contribution in [0, 0.1) is 0 Å². The molecule has 1 aromatic carbocycles. The van der Waals surface area contributed by atoms with Crippen LogP contribution >= 0.6 is 0 Å².